The summed E-state index contributed by atoms with van der Waals surface area (Å²) in [6.07, 6.45) is 0. The lowest BCUT2D eigenvalue weighted by molar-refractivity contribution is 0.338. The minimum Gasteiger partial charge on any atom is -0.494 e. The van der Waals surface area contributed by atoms with Gasteiger partial charge in [-0.05, 0) is 37.6 Å². The van der Waals surface area contributed by atoms with Crippen LogP contribution in [0.15, 0.2) is 18.2 Å². The largest absolute Gasteiger partial charge is 0.494 e. The SMILES string of the molecule is CCOc1ccc(-c2nc(N)sc2N)cc1C. The number of anilines is 2. The maximum atomic E-state index is 5.86. The lowest BCUT2D eigenvalue weighted by atomic mass is 10.1. The van der Waals surface area contributed by atoms with Crippen LogP contribution in [0.5, 0.6) is 5.75 Å². The first-order chi connectivity index (χ1) is 8.11. The second-order valence-corrected chi connectivity index (χ2v) is 4.74. The smallest absolute Gasteiger partial charge is 0.182 e. The van der Waals surface area contributed by atoms with E-state index in [1.165, 1.54) is 11.3 Å². The van der Waals surface area contributed by atoms with Crippen molar-refractivity contribution in [2.75, 3.05) is 18.1 Å². The van der Waals surface area contributed by atoms with E-state index in [4.69, 9.17) is 16.2 Å². The van der Waals surface area contributed by atoms with Gasteiger partial charge in [0.15, 0.2) is 5.13 Å². The van der Waals surface area contributed by atoms with E-state index in [2.05, 4.69) is 4.98 Å². The fourth-order valence-corrected chi connectivity index (χ4v) is 2.29. The second-order valence-electron chi connectivity index (χ2n) is 3.68. The lowest BCUT2D eigenvalue weighted by Crippen LogP contribution is -1.94. The molecule has 2 aromatic rings. The highest BCUT2D eigenvalue weighted by Crippen LogP contribution is 2.33. The number of rotatable bonds is 3. The van der Waals surface area contributed by atoms with Crippen molar-refractivity contribution in [2.24, 2.45) is 0 Å². The van der Waals surface area contributed by atoms with Crippen LogP contribution in [0.3, 0.4) is 0 Å². The van der Waals surface area contributed by atoms with Crippen LogP contribution >= 0.6 is 11.3 Å². The molecule has 0 fully saturated rings. The van der Waals surface area contributed by atoms with Crippen LogP contribution in [0.1, 0.15) is 12.5 Å². The fraction of sp³-hybridized carbons (Fsp3) is 0.250. The molecule has 17 heavy (non-hydrogen) atoms. The zero-order valence-electron chi connectivity index (χ0n) is 9.86. The van der Waals surface area contributed by atoms with Gasteiger partial charge in [0.2, 0.25) is 0 Å². The number of thiazole rings is 1. The molecule has 0 aliphatic heterocycles. The molecule has 1 aromatic heterocycles. The summed E-state index contributed by atoms with van der Waals surface area (Å²) in [5.74, 6) is 0.887. The Morgan fingerprint density at radius 3 is 2.65 bits per heavy atom. The van der Waals surface area contributed by atoms with Gasteiger partial charge in [-0.2, -0.15) is 0 Å². The zero-order valence-corrected chi connectivity index (χ0v) is 10.7. The van der Waals surface area contributed by atoms with Gasteiger partial charge in [-0.25, -0.2) is 4.98 Å². The molecule has 0 atom stereocenters. The van der Waals surface area contributed by atoms with E-state index in [0.29, 0.717) is 16.7 Å². The maximum absolute atomic E-state index is 5.86. The third-order valence-corrected chi connectivity index (χ3v) is 3.13. The third-order valence-electron chi connectivity index (χ3n) is 2.42. The molecule has 2 rings (SSSR count). The minimum atomic E-state index is 0.490. The number of nitrogens with zero attached hydrogens (tertiary/aromatic N) is 1. The van der Waals surface area contributed by atoms with Gasteiger partial charge in [0.25, 0.3) is 0 Å². The molecule has 1 aromatic carbocycles. The van der Waals surface area contributed by atoms with Crippen LogP contribution in [0.25, 0.3) is 11.3 Å². The number of nitrogens with two attached hydrogens (primary N) is 2. The molecule has 0 aliphatic carbocycles. The summed E-state index contributed by atoms with van der Waals surface area (Å²) in [7, 11) is 0. The molecule has 90 valence electrons. The average Bonchev–Trinajstić information content (AvgIpc) is 2.61. The number of nitrogen functional groups attached to an aromatic ring is 2. The predicted octanol–water partition coefficient (Wildman–Crippen LogP) is 2.68. The van der Waals surface area contributed by atoms with Crippen LogP contribution in [0.2, 0.25) is 0 Å². The van der Waals surface area contributed by atoms with Crippen LogP contribution in [0.4, 0.5) is 10.1 Å². The molecule has 0 bridgehead atoms. The fourth-order valence-electron chi connectivity index (χ4n) is 1.67. The lowest BCUT2D eigenvalue weighted by Gasteiger charge is -2.08. The molecule has 4 nitrogen and oxygen atoms in total. The van der Waals surface area contributed by atoms with Gasteiger partial charge in [-0.1, -0.05) is 11.3 Å². The quantitative estimate of drug-likeness (QED) is 0.877. The summed E-state index contributed by atoms with van der Waals surface area (Å²) >= 11 is 1.30. The third kappa shape index (κ3) is 2.34. The molecule has 1 heterocycles. The molecule has 0 saturated heterocycles. The molecular weight excluding hydrogens is 234 g/mol. The Hall–Kier alpha value is -1.75. The van der Waals surface area contributed by atoms with Crippen molar-refractivity contribution in [3.8, 4) is 17.0 Å². The zero-order chi connectivity index (χ0) is 12.4. The van der Waals surface area contributed by atoms with Gasteiger partial charge in [0.05, 0.1) is 6.61 Å². The van der Waals surface area contributed by atoms with E-state index in [-0.39, 0.29) is 0 Å². The molecule has 0 aliphatic rings. The molecule has 0 spiro atoms. The first-order valence-electron chi connectivity index (χ1n) is 5.37. The second kappa shape index (κ2) is 4.63. The van der Waals surface area contributed by atoms with Crippen molar-refractivity contribution in [1.82, 2.24) is 4.98 Å². The average molecular weight is 249 g/mol. The number of aryl methyl sites for hydroxylation is 1. The Balaban J connectivity index is 2.41. The van der Waals surface area contributed by atoms with Gasteiger partial charge in [-0.15, -0.1) is 0 Å². The highest BCUT2D eigenvalue weighted by Gasteiger charge is 2.10. The van der Waals surface area contributed by atoms with Crippen LogP contribution in [-0.2, 0) is 0 Å². The van der Waals surface area contributed by atoms with Gasteiger partial charge in [0.1, 0.15) is 16.4 Å². The minimum absolute atomic E-state index is 0.490. The van der Waals surface area contributed by atoms with E-state index in [9.17, 15) is 0 Å². The molecule has 5 heteroatoms. The number of benzene rings is 1. The van der Waals surface area contributed by atoms with Crippen molar-refractivity contribution >= 4 is 21.5 Å². The van der Waals surface area contributed by atoms with Gasteiger partial charge in [-0.3, -0.25) is 0 Å². The summed E-state index contributed by atoms with van der Waals surface area (Å²) < 4.78 is 5.49. The van der Waals surface area contributed by atoms with E-state index in [1.807, 2.05) is 32.0 Å². The van der Waals surface area contributed by atoms with Crippen LogP contribution in [0, 0.1) is 6.92 Å². The topological polar surface area (TPSA) is 74.2 Å². The molecule has 0 radical (unpaired) electrons. The normalized spacial score (nSPS) is 10.5. The summed E-state index contributed by atoms with van der Waals surface area (Å²) in [4.78, 5) is 4.23. The van der Waals surface area contributed by atoms with Crippen molar-refractivity contribution in [2.45, 2.75) is 13.8 Å². The Kier molecular flexibility index (Phi) is 3.19. The molecule has 4 N–H and O–H groups in total. The van der Waals surface area contributed by atoms with Crippen molar-refractivity contribution in [1.29, 1.82) is 0 Å². The van der Waals surface area contributed by atoms with Crippen molar-refractivity contribution in [3.63, 3.8) is 0 Å². The van der Waals surface area contributed by atoms with Crippen molar-refractivity contribution in [3.05, 3.63) is 23.8 Å². The summed E-state index contributed by atoms with van der Waals surface area (Å²) in [6.45, 7) is 4.62. The van der Waals surface area contributed by atoms with Gasteiger partial charge < -0.3 is 16.2 Å². The van der Waals surface area contributed by atoms with Crippen molar-refractivity contribution < 1.29 is 4.74 Å². The van der Waals surface area contributed by atoms with E-state index < -0.39 is 0 Å². The summed E-state index contributed by atoms with van der Waals surface area (Å²) in [5, 5.41) is 1.13. The standard InChI is InChI=1S/C12H15N3OS/c1-3-16-9-5-4-8(6-7(9)2)10-11(13)17-12(14)15-10/h4-6H,3,13H2,1-2H3,(H2,14,15). The molecule has 0 saturated carbocycles. The number of hydrogen-bond acceptors (Lipinski definition) is 5. The van der Waals surface area contributed by atoms with E-state index in [1.54, 1.807) is 0 Å². The first kappa shape index (κ1) is 11.7. The molecule has 0 unspecified atom stereocenters. The predicted molar refractivity (Wildman–Crippen MR) is 72.3 cm³/mol. The maximum Gasteiger partial charge on any atom is 0.182 e. The Labute approximate surface area is 104 Å². The molecular formula is C12H15N3OS. The molecule has 0 amide bonds. The van der Waals surface area contributed by atoms with Gasteiger partial charge >= 0.3 is 0 Å². The van der Waals surface area contributed by atoms with E-state index in [0.717, 1.165) is 22.6 Å². The Morgan fingerprint density at radius 1 is 1.35 bits per heavy atom. The summed E-state index contributed by atoms with van der Waals surface area (Å²) in [6, 6.07) is 5.89. The highest BCUT2D eigenvalue weighted by atomic mass is 32.1. The highest BCUT2D eigenvalue weighted by molar-refractivity contribution is 7.19. The number of aromatic nitrogens is 1. The number of hydrogen-bond donors (Lipinski definition) is 2. The monoisotopic (exact) mass is 249 g/mol. The van der Waals surface area contributed by atoms with Crippen LogP contribution < -0.4 is 16.2 Å². The number of ether oxygens (including phenoxy) is 1. The Morgan fingerprint density at radius 2 is 2.12 bits per heavy atom. The Bertz CT molecular complexity index is 537. The van der Waals surface area contributed by atoms with Gasteiger partial charge in [0, 0.05) is 5.56 Å². The van der Waals surface area contributed by atoms with E-state index >= 15 is 0 Å². The first-order valence-corrected chi connectivity index (χ1v) is 6.19. The van der Waals surface area contributed by atoms with Crippen LogP contribution in [-0.4, -0.2) is 11.6 Å². The summed E-state index contributed by atoms with van der Waals surface area (Å²) in [5.41, 5.74) is 14.3.